The maximum Gasteiger partial charge on any atom is 0.228 e. The number of benzene rings is 1. The molecule has 2 rings (SSSR count). The normalized spacial score (nSPS) is 16.1. The van der Waals surface area contributed by atoms with E-state index in [0.717, 1.165) is 12.2 Å². The first kappa shape index (κ1) is 15.0. The van der Waals surface area contributed by atoms with E-state index < -0.39 is 0 Å². The molecule has 0 atom stereocenters. The van der Waals surface area contributed by atoms with Crippen molar-refractivity contribution in [2.75, 3.05) is 18.0 Å². The number of hydrogen-bond acceptors (Lipinski definition) is 2. The van der Waals surface area contributed by atoms with Gasteiger partial charge in [0.15, 0.2) is 0 Å². The third-order valence-corrected chi connectivity index (χ3v) is 4.17. The highest BCUT2D eigenvalue weighted by molar-refractivity contribution is 5.93. The number of anilines is 1. The van der Waals surface area contributed by atoms with Crippen LogP contribution in [0.1, 0.15) is 44.1 Å². The van der Waals surface area contributed by atoms with Gasteiger partial charge in [0.1, 0.15) is 0 Å². The Morgan fingerprint density at radius 3 is 2.45 bits per heavy atom. The van der Waals surface area contributed by atoms with Crippen LogP contribution in [-0.2, 0) is 4.79 Å². The average molecular weight is 274 g/mol. The number of carbonyl (C=O) groups excluding carboxylic acids is 1. The summed E-state index contributed by atoms with van der Waals surface area (Å²) in [5, 5.41) is 0. The molecule has 0 spiro atoms. The molecule has 0 heterocycles. The van der Waals surface area contributed by atoms with Gasteiger partial charge in [-0.2, -0.15) is 0 Å². The van der Waals surface area contributed by atoms with Crippen molar-refractivity contribution >= 4 is 11.6 Å². The number of aryl methyl sites for hydroxylation is 1. The fourth-order valence-electron chi connectivity index (χ4n) is 2.96. The summed E-state index contributed by atoms with van der Waals surface area (Å²) in [7, 11) is 0. The Kier molecular flexibility index (Phi) is 5.60. The topological polar surface area (TPSA) is 46.3 Å². The van der Waals surface area contributed by atoms with Crippen molar-refractivity contribution in [2.45, 2.75) is 45.4 Å². The molecule has 3 nitrogen and oxygen atoms in total. The van der Waals surface area contributed by atoms with Crippen molar-refractivity contribution in [2.24, 2.45) is 11.7 Å². The molecule has 0 bridgehead atoms. The van der Waals surface area contributed by atoms with Gasteiger partial charge in [0.25, 0.3) is 0 Å². The van der Waals surface area contributed by atoms with Crippen LogP contribution in [-0.4, -0.2) is 19.0 Å². The zero-order valence-corrected chi connectivity index (χ0v) is 12.5. The van der Waals surface area contributed by atoms with Gasteiger partial charge in [-0.25, -0.2) is 0 Å². The Labute approximate surface area is 122 Å². The molecule has 1 aromatic carbocycles. The average Bonchev–Trinajstić information content (AvgIpc) is 2.47. The quantitative estimate of drug-likeness (QED) is 0.896. The van der Waals surface area contributed by atoms with Crippen LogP contribution in [0.4, 0.5) is 5.69 Å². The predicted octanol–water partition coefficient (Wildman–Crippen LogP) is 3.26. The van der Waals surface area contributed by atoms with Crippen LogP contribution in [0.3, 0.4) is 0 Å². The molecule has 0 radical (unpaired) electrons. The lowest BCUT2D eigenvalue weighted by molar-refractivity contribution is -0.118. The summed E-state index contributed by atoms with van der Waals surface area (Å²) in [5.74, 6) is 0.800. The minimum atomic E-state index is 0.155. The third kappa shape index (κ3) is 4.07. The standard InChI is InChI=1S/C17H26N2O/c1-14-7-9-16(10-8-14)19(17(20)11-12-18)13-15-5-3-2-4-6-15/h7-10,15H,2-6,11-13,18H2,1H3. The maximum atomic E-state index is 12.3. The van der Waals surface area contributed by atoms with Crippen LogP contribution in [0.2, 0.25) is 0 Å². The molecule has 0 aliphatic heterocycles. The van der Waals surface area contributed by atoms with Gasteiger partial charge in [-0.1, -0.05) is 37.0 Å². The molecule has 1 fully saturated rings. The summed E-state index contributed by atoms with van der Waals surface area (Å²) in [6.07, 6.45) is 6.88. The number of rotatable bonds is 5. The van der Waals surface area contributed by atoms with E-state index in [2.05, 4.69) is 19.1 Å². The largest absolute Gasteiger partial charge is 0.330 e. The number of carbonyl (C=O) groups is 1. The highest BCUT2D eigenvalue weighted by Gasteiger charge is 2.21. The van der Waals surface area contributed by atoms with E-state index in [-0.39, 0.29) is 5.91 Å². The lowest BCUT2D eigenvalue weighted by atomic mass is 9.88. The van der Waals surface area contributed by atoms with Crippen LogP contribution >= 0.6 is 0 Å². The Morgan fingerprint density at radius 1 is 1.20 bits per heavy atom. The molecule has 1 amide bonds. The minimum absolute atomic E-state index is 0.155. The van der Waals surface area contributed by atoms with E-state index in [4.69, 9.17) is 5.73 Å². The van der Waals surface area contributed by atoms with E-state index in [0.29, 0.717) is 18.9 Å². The summed E-state index contributed by atoms with van der Waals surface area (Å²) < 4.78 is 0. The third-order valence-electron chi connectivity index (χ3n) is 4.17. The second-order valence-corrected chi connectivity index (χ2v) is 5.88. The zero-order valence-electron chi connectivity index (χ0n) is 12.5. The van der Waals surface area contributed by atoms with Crippen LogP contribution < -0.4 is 10.6 Å². The van der Waals surface area contributed by atoms with Crippen LogP contribution in [0.5, 0.6) is 0 Å². The zero-order chi connectivity index (χ0) is 14.4. The van der Waals surface area contributed by atoms with Crippen LogP contribution in [0.15, 0.2) is 24.3 Å². The number of nitrogens with two attached hydrogens (primary N) is 1. The highest BCUT2D eigenvalue weighted by Crippen LogP contribution is 2.27. The molecule has 20 heavy (non-hydrogen) atoms. The molecule has 0 saturated heterocycles. The summed E-state index contributed by atoms with van der Waals surface area (Å²) in [6, 6.07) is 8.23. The molecule has 1 aliphatic carbocycles. The van der Waals surface area contributed by atoms with Gasteiger partial charge < -0.3 is 10.6 Å². The molecule has 3 heteroatoms. The molecule has 1 aliphatic rings. The first-order chi connectivity index (χ1) is 9.70. The summed E-state index contributed by atoms with van der Waals surface area (Å²) in [4.78, 5) is 14.3. The molecule has 110 valence electrons. The molecule has 1 aromatic rings. The first-order valence-electron chi connectivity index (χ1n) is 7.78. The number of hydrogen-bond donors (Lipinski definition) is 1. The Bertz CT molecular complexity index is 421. The molecular weight excluding hydrogens is 248 g/mol. The summed E-state index contributed by atoms with van der Waals surface area (Å²) in [6.45, 7) is 3.34. The van der Waals surface area contributed by atoms with Gasteiger partial charge in [0.05, 0.1) is 0 Å². The SMILES string of the molecule is Cc1ccc(N(CC2CCCCC2)C(=O)CCN)cc1. The predicted molar refractivity (Wildman–Crippen MR) is 83.8 cm³/mol. The van der Waals surface area contributed by atoms with Crippen molar-refractivity contribution in [3.63, 3.8) is 0 Å². The van der Waals surface area contributed by atoms with Crippen molar-refractivity contribution in [3.8, 4) is 0 Å². The smallest absolute Gasteiger partial charge is 0.228 e. The van der Waals surface area contributed by atoms with E-state index in [9.17, 15) is 4.79 Å². The molecule has 0 unspecified atom stereocenters. The van der Waals surface area contributed by atoms with Crippen LogP contribution in [0.25, 0.3) is 0 Å². The highest BCUT2D eigenvalue weighted by atomic mass is 16.2. The lowest BCUT2D eigenvalue weighted by Crippen LogP contribution is -2.37. The molecular formula is C17H26N2O. The lowest BCUT2D eigenvalue weighted by Gasteiger charge is -2.30. The van der Waals surface area contributed by atoms with Crippen molar-refractivity contribution in [1.82, 2.24) is 0 Å². The fourth-order valence-corrected chi connectivity index (χ4v) is 2.96. The van der Waals surface area contributed by atoms with Gasteiger partial charge in [-0.05, 0) is 37.8 Å². The van der Waals surface area contributed by atoms with Gasteiger partial charge in [-0.15, -0.1) is 0 Å². The fraction of sp³-hybridized carbons (Fsp3) is 0.588. The van der Waals surface area contributed by atoms with E-state index in [1.807, 2.05) is 17.0 Å². The van der Waals surface area contributed by atoms with Crippen LogP contribution in [0, 0.1) is 12.8 Å². The summed E-state index contributed by atoms with van der Waals surface area (Å²) >= 11 is 0. The van der Waals surface area contributed by atoms with Crippen molar-refractivity contribution in [3.05, 3.63) is 29.8 Å². The monoisotopic (exact) mass is 274 g/mol. The molecule has 1 saturated carbocycles. The maximum absolute atomic E-state index is 12.3. The van der Waals surface area contributed by atoms with Crippen molar-refractivity contribution in [1.29, 1.82) is 0 Å². The Hall–Kier alpha value is -1.35. The number of amides is 1. The van der Waals surface area contributed by atoms with Gasteiger partial charge in [0, 0.05) is 25.2 Å². The summed E-state index contributed by atoms with van der Waals surface area (Å²) in [5.41, 5.74) is 7.79. The van der Waals surface area contributed by atoms with E-state index >= 15 is 0 Å². The van der Waals surface area contributed by atoms with E-state index in [1.165, 1.54) is 37.7 Å². The Morgan fingerprint density at radius 2 is 1.85 bits per heavy atom. The minimum Gasteiger partial charge on any atom is -0.330 e. The van der Waals surface area contributed by atoms with Gasteiger partial charge in [-0.3, -0.25) is 4.79 Å². The second kappa shape index (κ2) is 7.44. The first-order valence-corrected chi connectivity index (χ1v) is 7.78. The van der Waals surface area contributed by atoms with Gasteiger partial charge >= 0.3 is 0 Å². The Balaban J connectivity index is 2.10. The number of nitrogens with zero attached hydrogens (tertiary/aromatic N) is 1. The van der Waals surface area contributed by atoms with Crippen molar-refractivity contribution < 1.29 is 4.79 Å². The molecule has 0 aromatic heterocycles. The second-order valence-electron chi connectivity index (χ2n) is 5.88. The molecule has 2 N–H and O–H groups in total. The van der Waals surface area contributed by atoms with Gasteiger partial charge in [0.2, 0.25) is 5.91 Å². The van der Waals surface area contributed by atoms with E-state index in [1.54, 1.807) is 0 Å².